The zero-order chi connectivity index (χ0) is 24.9. The zero-order valence-electron chi connectivity index (χ0n) is 20.3. The Morgan fingerprint density at radius 2 is 2.00 bits per heavy atom. The largest absolute Gasteiger partial charge is 0.493 e. The van der Waals surface area contributed by atoms with Gasteiger partial charge < -0.3 is 14.6 Å². The van der Waals surface area contributed by atoms with Gasteiger partial charge in [-0.25, -0.2) is 9.18 Å². The molecule has 0 saturated heterocycles. The summed E-state index contributed by atoms with van der Waals surface area (Å²) in [4.78, 5) is 17.3. The summed E-state index contributed by atoms with van der Waals surface area (Å²) in [7, 11) is 0. The smallest absolute Gasteiger partial charge is 0.337 e. The van der Waals surface area contributed by atoms with Gasteiger partial charge in [-0.1, -0.05) is 29.8 Å². The number of carboxylic acids is 1. The van der Waals surface area contributed by atoms with Crippen molar-refractivity contribution in [2.75, 3.05) is 13.3 Å². The normalized spacial score (nSPS) is 14.2. The molecule has 1 aliphatic rings. The van der Waals surface area contributed by atoms with Gasteiger partial charge in [0.1, 0.15) is 12.4 Å². The number of benzene rings is 3. The number of alkyl halides is 1. The van der Waals surface area contributed by atoms with Crippen LogP contribution in [0, 0.1) is 13.8 Å². The molecule has 1 atom stereocenters. The molecule has 1 N–H and O–H groups in total. The molecule has 4 aromatic rings. The third-order valence-corrected chi connectivity index (χ3v) is 6.63. The molecular weight excluding hydrogens is 445 g/mol. The number of carbonyl (C=O) groups is 1. The summed E-state index contributed by atoms with van der Waals surface area (Å²) in [6, 6.07) is 13.9. The maximum atomic E-state index is 13.7. The Morgan fingerprint density at radius 3 is 2.74 bits per heavy atom. The maximum absolute atomic E-state index is 13.7. The van der Waals surface area contributed by atoms with Crippen molar-refractivity contribution in [1.82, 2.24) is 4.98 Å². The second-order valence-electron chi connectivity index (χ2n) is 9.84. The molecule has 180 valence electrons. The van der Waals surface area contributed by atoms with Crippen LogP contribution in [0.5, 0.6) is 5.75 Å². The van der Waals surface area contributed by atoms with Crippen LogP contribution in [0.2, 0.25) is 0 Å². The highest BCUT2D eigenvalue weighted by Crippen LogP contribution is 2.45. The SMILES string of the molecule is Cc1ccc2c(-c3ccc4c5c(ccnc35)CCO4)c(C(OC(C)(C)CF)C(=O)O)c(C)cc2c1. The van der Waals surface area contributed by atoms with Gasteiger partial charge in [0.2, 0.25) is 0 Å². The molecule has 2 heterocycles. The van der Waals surface area contributed by atoms with Gasteiger partial charge in [-0.05, 0) is 73.4 Å². The molecule has 0 aliphatic carbocycles. The molecule has 1 aliphatic heterocycles. The van der Waals surface area contributed by atoms with Crippen LogP contribution in [-0.2, 0) is 16.0 Å². The fourth-order valence-electron chi connectivity index (χ4n) is 5.00. The van der Waals surface area contributed by atoms with Crippen LogP contribution in [0.25, 0.3) is 32.8 Å². The monoisotopic (exact) mass is 473 g/mol. The standard InChI is InChI=1S/C29H28FNO4/c1-16-5-6-20-19(13-16)14-17(2)23(27(28(32)33)35-29(3,4)15-30)25(20)21-7-8-22-24-18(10-12-34-22)9-11-31-26(21)24/h5-9,11,13-14,27H,10,12,15H2,1-4H3,(H,32,33). The number of aryl methyl sites for hydroxylation is 2. The van der Waals surface area contributed by atoms with E-state index < -0.39 is 24.3 Å². The summed E-state index contributed by atoms with van der Waals surface area (Å²) in [5.41, 5.74) is 4.55. The molecule has 0 bridgehead atoms. The van der Waals surface area contributed by atoms with E-state index in [1.54, 1.807) is 20.0 Å². The van der Waals surface area contributed by atoms with Crippen molar-refractivity contribution < 1.29 is 23.8 Å². The Hall–Kier alpha value is -3.51. The number of nitrogens with zero attached hydrogens (tertiary/aromatic N) is 1. The highest BCUT2D eigenvalue weighted by atomic mass is 19.1. The molecule has 0 saturated carbocycles. The first-order chi connectivity index (χ1) is 16.7. The molecular formula is C29H28FNO4. The highest BCUT2D eigenvalue weighted by Gasteiger charge is 2.34. The lowest BCUT2D eigenvalue weighted by Gasteiger charge is -2.29. The van der Waals surface area contributed by atoms with Gasteiger partial charge in [0.25, 0.3) is 0 Å². The molecule has 0 radical (unpaired) electrons. The van der Waals surface area contributed by atoms with E-state index in [9.17, 15) is 14.3 Å². The minimum absolute atomic E-state index is 0.509. The van der Waals surface area contributed by atoms with E-state index in [1.807, 2.05) is 50.2 Å². The van der Waals surface area contributed by atoms with Crippen LogP contribution in [0.15, 0.2) is 48.7 Å². The summed E-state index contributed by atoms with van der Waals surface area (Å²) < 4.78 is 25.6. The van der Waals surface area contributed by atoms with E-state index in [2.05, 4.69) is 6.07 Å². The van der Waals surface area contributed by atoms with Crippen molar-refractivity contribution in [3.05, 3.63) is 70.9 Å². The predicted molar refractivity (Wildman–Crippen MR) is 135 cm³/mol. The van der Waals surface area contributed by atoms with Crippen LogP contribution in [0.4, 0.5) is 4.39 Å². The minimum atomic E-state index is -1.36. The Labute approximate surface area is 203 Å². The maximum Gasteiger partial charge on any atom is 0.337 e. The van der Waals surface area contributed by atoms with Crippen molar-refractivity contribution in [2.45, 2.75) is 45.8 Å². The second-order valence-corrected chi connectivity index (χ2v) is 9.84. The summed E-state index contributed by atoms with van der Waals surface area (Å²) in [5.74, 6) is -0.390. The molecule has 1 unspecified atom stereocenters. The number of rotatable bonds is 6. The van der Waals surface area contributed by atoms with Gasteiger partial charge in [0.05, 0.1) is 17.7 Å². The third kappa shape index (κ3) is 4.02. The van der Waals surface area contributed by atoms with Crippen molar-refractivity contribution in [3.63, 3.8) is 0 Å². The Balaban J connectivity index is 1.89. The van der Waals surface area contributed by atoms with Crippen LogP contribution in [0.3, 0.4) is 0 Å². The minimum Gasteiger partial charge on any atom is -0.493 e. The first-order valence-corrected chi connectivity index (χ1v) is 11.7. The van der Waals surface area contributed by atoms with E-state index in [-0.39, 0.29) is 0 Å². The molecule has 3 aromatic carbocycles. The molecule has 0 amide bonds. The topological polar surface area (TPSA) is 68.7 Å². The zero-order valence-corrected chi connectivity index (χ0v) is 20.3. The van der Waals surface area contributed by atoms with Crippen LogP contribution in [-0.4, -0.2) is 34.9 Å². The number of carboxylic acid groups (broad SMARTS) is 1. The van der Waals surface area contributed by atoms with E-state index in [4.69, 9.17) is 14.5 Å². The molecule has 1 aromatic heterocycles. The van der Waals surface area contributed by atoms with Gasteiger partial charge in [-0.15, -0.1) is 0 Å². The number of hydrogen-bond donors (Lipinski definition) is 1. The summed E-state index contributed by atoms with van der Waals surface area (Å²) in [6.07, 6.45) is 1.21. The fraction of sp³-hybridized carbons (Fsp3) is 0.310. The number of aliphatic carboxylic acids is 1. The second kappa shape index (κ2) is 8.61. The fourth-order valence-corrected chi connectivity index (χ4v) is 5.00. The molecule has 35 heavy (non-hydrogen) atoms. The van der Waals surface area contributed by atoms with Crippen molar-refractivity contribution in [2.24, 2.45) is 0 Å². The third-order valence-electron chi connectivity index (χ3n) is 6.63. The van der Waals surface area contributed by atoms with Crippen LogP contribution in [0.1, 0.15) is 42.2 Å². The first kappa shape index (κ1) is 23.2. The van der Waals surface area contributed by atoms with Crippen molar-refractivity contribution in [3.8, 4) is 16.9 Å². The quantitative estimate of drug-likeness (QED) is 0.346. The number of pyridine rings is 1. The van der Waals surface area contributed by atoms with Crippen molar-refractivity contribution >= 4 is 27.6 Å². The number of aromatic nitrogens is 1. The molecule has 0 spiro atoms. The van der Waals surface area contributed by atoms with E-state index in [1.165, 1.54) is 0 Å². The summed E-state index contributed by atoms with van der Waals surface area (Å²) in [6.45, 7) is 6.82. The molecule has 6 heteroatoms. The first-order valence-electron chi connectivity index (χ1n) is 11.7. The number of hydrogen-bond acceptors (Lipinski definition) is 4. The van der Waals surface area contributed by atoms with Crippen molar-refractivity contribution in [1.29, 1.82) is 0 Å². The van der Waals surface area contributed by atoms with Gasteiger partial charge in [-0.3, -0.25) is 4.98 Å². The number of halogens is 1. The molecule has 5 rings (SSSR count). The van der Waals surface area contributed by atoms with Crippen LogP contribution >= 0.6 is 0 Å². The predicted octanol–water partition coefficient (Wildman–Crippen LogP) is 6.50. The lowest BCUT2D eigenvalue weighted by Crippen LogP contribution is -2.33. The number of ether oxygens (including phenoxy) is 2. The molecule has 0 fully saturated rings. The lowest BCUT2D eigenvalue weighted by atomic mass is 9.85. The molecule has 5 nitrogen and oxygen atoms in total. The Morgan fingerprint density at radius 1 is 1.20 bits per heavy atom. The summed E-state index contributed by atoms with van der Waals surface area (Å²) >= 11 is 0. The van der Waals surface area contributed by atoms with Gasteiger partial charge in [0, 0.05) is 29.1 Å². The lowest BCUT2D eigenvalue weighted by molar-refractivity contribution is -0.163. The van der Waals surface area contributed by atoms with Gasteiger partial charge in [0.15, 0.2) is 6.10 Å². The average molecular weight is 474 g/mol. The highest BCUT2D eigenvalue weighted by molar-refractivity contribution is 6.09. The Bertz CT molecular complexity index is 1470. The van der Waals surface area contributed by atoms with Crippen LogP contribution < -0.4 is 4.74 Å². The Kier molecular flexibility index (Phi) is 5.72. The van der Waals surface area contributed by atoms with Gasteiger partial charge in [-0.2, -0.15) is 0 Å². The van der Waals surface area contributed by atoms with E-state index in [0.717, 1.165) is 61.7 Å². The summed E-state index contributed by atoms with van der Waals surface area (Å²) in [5, 5.41) is 13.1. The van der Waals surface area contributed by atoms with Gasteiger partial charge >= 0.3 is 5.97 Å². The average Bonchev–Trinajstić information content (AvgIpc) is 2.82. The number of fused-ring (bicyclic) bond motifs is 1. The van der Waals surface area contributed by atoms with E-state index >= 15 is 0 Å². The van der Waals surface area contributed by atoms with E-state index in [0.29, 0.717) is 12.2 Å².